The van der Waals surface area contributed by atoms with E-state index >= 15 is 0 Å². The first kappa shape index (κ1) is 17.8. The molecule has 2 amide bonds. The summed E-state index contributed by atoms with van der Waals surface area (Å²) in [7, 11) is 0. The lowest BCUT2D eigenvalue weighted by Gasteiger charge is -2.18. The van der Waals surface area contributed by atoms with Crippen molar-refractivity contribution in [3.05, 3.63) is 47.7 Å². The highest BCUT2D eigenvalue weighted by atomic mass is 16.2. The summed E-state index contributed by atoms with van der Waals surface area (Å²) in [5.74, 6) is 1.21. The van der Waals surface area contributed by atoms with E-state index in [2.05, 4.69) is 22.5 Å². The van der Waals surface area contributed by atoms with Crippen LogP contribution in [-0.2, 0) is 11.2 Å². The van der Waals surface area contributed by atoms with Gasteiger partial charge in [0.15, 0.2) is 0 Å². The number of hydrogen-bond donors (Lipinski definition) is 2. The second kappa shape index (κ2) is 7.22. The van der Waals surface area contributed by atoms with Crippen molar-refractivity contribution in [2.45, 2.75) is 39.2 Å². The van der Waals surface area contributed by atoms with Crippen LogP contribution in [0.4, 0.5) is 0 Å². The number of carbonyl (C=O) groups is 2. The quantitative estimate of drug-likeness (QED) is 0.817. The highest BCUT2D eigenvalue weighted by Gasteiger charge is 2.36. The number of hydrogen-bond acceptors (Lipinski definition) is 2. The number of H-pyrrole nitrogens is 1. The summed E-state index contributed by atoms with van der Waals surface area (Å²) in [6, 6.07) is 7.99. The van der Waals surface area contributed by atoms with E-state index in [1.54, 1.807) is 0 Å². The minimum atomic E-state index is -0.0497. The smallest absolute Gasteiger partial charge is 0.270 e. The van der Waals surface area contributed by atoms with Gasteiger partial charge in [0.2, 0.25) is 5.91 Å². The number of fused-ring (bicyclic) bond motifs is 2. The predicted octanol–water partition coefficient (Wildman–Crippen LogP) is 3.27. The van der Waals surface area contributed by atoms with Gasteiger partial charge in [-0.2, -0.15) is 0 Å². The van der Waals surface area contributed by atoms with E-state index < -0.39 is 0 Å². The molecule has 1 aromatic carbocycles. The predicted molar refractivity (Wildman–Crippen MR) is 107 cm³/mol. The minimum Gasteiger partial charge on any atom is -0.354 e. The second-order valence-electron chi connectivity index (χ2n) is 8.00. The number of amides is 2. The van der Waals surface area contributed by atoms with E-state index in [9.17, 15) is 9.59 Å². The van der Waals surface area contributed by atoms with E-state index in [4.69, 9.17) is 0 Å². The van der Waals surface area contributed by atoms with Gasteiger partial charge >= 0.3 is 0 Å². The van der Waals surface area contributed by atoms with Crippen LogP contribution in [0.3, 0.4) is 0 Å². The Morgan fingerprint density at radius 2 is 1.85 bits per heavy atom. The number of rotatable bonds is 4. The lowest BCUT2D eigenvalue weighted by molar-refractivity contribution is -0.119. The fourth-order valence-corrected chi connectivity index (χ4v) is 4.64. The maximum absolute atomic E-state index is 13.4. The largest absolute Gasteiger partial charge is 0.354 e. The van der Waals surface area contributed by atoms with Gasteiger partial charge in [0.25, 0.3) is 5.91 Å². The third-order valence-corrected chi connectivity index (χ3v) is 5.90. The Balaban J connectivity index is 1.63. The molecule has 1 aliphatic heterocycles. The molecule has 5 nitrogen and oxygen atoms in total. The van der Waals surface area contributed by atoms with Crippen molar-refractivity contribution in [3.63, 3.8) is 0 Å². The maximum Gasteiger partial charge on any atom is 0.270 e. The van der Waals surface area contributed by atoms with Crippen LogP contribution < -0.4 is 5.32 Å². The summed E-state index contributed by atoms with van der Waals surface area (Å²) >= 11 is 0. The normalized spacial score (nSPS) is 22.7. The minimum absolute atomic E-state index is 0.0291. The zero-order valence-corrected chi connectivity index (χ0v) is 16.0. The van der Waals surface area contributed by atoms with Crippen LogP contribution in [0.5, 0.6) is 0 Å². The standard InChI is InChI=1S/C22H27N3O2/c1-14(23-15(2)26)11-19-18-9-5-6-10-20(18)24-21(19)22(27)25-12-16-7-3-4-8-17(16)13-25/h3-6,9-10,14,16-17,24H,7-8,11-13H2,1-2H3,(H,23,26)/t14?,16-,17+. The van der Waals surface area contributed by atoms with Crippen LogP contribution >= 0.6 is 0 Å². The molecule has 0 spiro atoms. The Hall–Kier alpha value is -2.56. The first-order valence-corrected chi connectivity index (χ1v) is 9.84. The van der Waals surface area contributed by atoms with Crippen molar-refractivity contribution >= 4 is 22.7 Å². The first-order valence-electron chi connectivity index (χ1n) is 9.84. The van der Waals surface area contributed by atoms with Gasteiger partial charge in [0.05, 0.1) is 0 Å². The first-order chi connectivity index (χ1) is 13.0. The summed E-state index contributed by atoms with van der Waals surface area (Å²) in [4.78, 5) is 30.2. The molecule has 0 saturated carbocycles. The molecule has 5 heteroatoms. The van der Waals surface area contributed by atoms with Gasteiger partial charge in [-0.1, -0.05) is 30.4 Å². The van der Waals surface area contributed by atoms with Crippen LogP contribution in [0, 0.1) is 11.8 Å². The summed E-state index contributed by atoms with van der Waals surface area (Å²) in [5.41, 5.74) is 2.66. The molecule has 4 rings (SSSR count). The molecule has 1 fully saturated rings. The Labute approximate surface area is 159 Å². The Morgan fingerprint density at radius 1 is 1.19 bits per heavy atom. The molecule has 142 valence electrons. The number of nitrogens with zero attached hydrogens (tertiary/aromatic N) is 1. The lowest BCUT2D eigenvalue weighted by atomic mass is 9.86. The summed E-state index contributed by atoms with van der Waals surface area (Å²) in [6.07, 6.45) is 7.28. The van der Waals surface area contributed by atoms with Gasteiger partial charge in [-0.25, -0.2) is 0 Å². The third kappa shape index (κ3) is 3.51. The van der Waals surface area contributed by atoms with Gasteiger partial charge in [0.1, 0.15) is 5.69 Å². The lowest BCUT2D eigenvalue weighted by Crippen LogP contribution is -2.34. The van der Waals surface area contributed by atoms with Gasteiger partial charge in [-0.15, -0.1) is 0 Å². The van der Waals surface area contributed by atoms with Crippen LogP contribution in [0.2, 0.25) is 0 Å². The average molecular weight is 365 g/mol. The highest BCUT2D eigenvalue weighted by molar-refractivity contribution is 6.01. The van der Waals surface area contributed by atoms with Crippen molar-refractivity contribution in [1.82, 2.24) is 15.2 Å². The second-order valence-corrected chi connectivity index (χ2v) is 8.00. The number of allylic oxidation sites excluding steroid dienone is 2. The molecule has 1 aromatic heterocycles. The number of carbonyl (C=O) groups excluding carboxylic acids is 2. The maximum atomic E-state index is 13.4. The summed E-state index contributed by atoms with van der Waals surface area (Å²) in [6.45, 7) is 5.18. The third-order valence-electron chi connectivity index (χ3n) is 5.90. The van der Waals surface area contributed by atoms with Crippen LogP contribution in [-0.4, -0.2) is 40.8 Å². The van der Waals surface area contributed by atoms with Gasteiger partial charge in [-0.3, -0.25) is 9.59 Å². The average Bonchev–Trinajstić information content (AvgIpc) is 3.22. The van der Waals surface area contributed by atoms with Gasteiger partial charge in [-0.05, 0) is 49.7 Å². The van der Waals surface area contributed by atoms with Crippen LogP contribution in [0.1, 0.15) is 42.7 Å². The van der Waals surface area contributed by atoms with Crippen LogP contribution in [0.15, 0.2) is 36.4 Å². The number of benzene rings is 1. The van der Waals surface area contributed by atoms with E-state index in [1.807, 2.05) is 36.1 Å². The Kier molecular flexibility index (Phi) is 4.77. The molecule has 0 radical (unpaired) electrons. The molecular weight excluding hydrogens is 338 g/mol. The molecule has 1 saturated heterocycles. The molecule has 1 unspecified atom stereocenters. The Bertz CT molecular complexity index is 882. The molecule has 2 aliphatic rings. The molecular formula is C22H27N3O2. The molecule has 0 bridgehead atoms. The van der Waals surface area contributed by atoms with E-state index in [0.717, 1.165) is 42.4 Å². The number of para-hydroxylation sites is 1. The molecule has 2 N–H and O–H groups in total. The van der Waals surface area contributed by atoms with Crippen molar-refractivity contribution in [3.8, 4) is 0 Å². The zero-order chi connectivity index (χ0) is 19.0. The van der Waals surface area contributed by atoms with E-state index in [0.29, 0.717) is 24.0 Å². The van der Waals surface area contributed by atoms with E-state index in [1.165, 1.54) is 6.92 Å². The van der Waals surface area contributed by atoms with Crippen molar-refractivity contribution < 1.29 is 9.59 Å². The molecule has 3 atom stereocenters. The fraction of sp³-hybridized carbons (Fsp3) is 0.455. The number of likely N-dealkylation sites (tertiary alicyclic amines) is 1. The Morgan fingerprint density at radius 3 is 2.52 bits per heavy atom. The van der Waals surface area contributed by atoms with E-state index in [-0.39, 0.29) is 17.9 Å². The number of aromatic amines is 1. The van der Waals surface area contributed by atoms with Crippen LogP contribution in [0.25, 0.3) is 10.9 Å². The SMILES string of the molecule is CC(=O)NC(C)Cc1c(C(=O)N2C[C@H]3CC=CC[C@H]3C2)[nH]c2ccccc12. The summed E-state index contributed by atoms with van der Waals surface area (Å²) < 4.78 is 0. The zero-order valence-electron chi connectivity index (χ0n) is 16.0. The van der Waals surface area contributed by atoms with Crippen molar-refractivity contribution in [1.29, 1.82) is 0 Å². The topological polar surface area (TPSA) is 65.2 Å². The molecule has 27 heavy (non-hydrogen) atoms. The van der Waals surface area contributed by atoms with Crippen molar-refractivity contribution in [2.75, 3.05) is 13.1 Å². The van der Waals surface area contributed by atoms with Gasteiger partial charge < -0.3 is 15.2 Å². The van der Waals surface area contributed by atoms with Crippen molar-refractivity contribution in [2.24, 2.45) is 11.8 Å². The number of nitrogens with one attached hydrogen (secondary N) is 2. The highest BCUT2D eigenvalue weighted by Crippen LogP contribution is 2.34. The monoisotopic (exact) mass is 365 g/mol. The summed E-state index contributed by atoms with van der Waals surface area (Å²) in [5, 5.41) is 4.00. The molecule has 2 heterocycles. The number of aromatic nitrogens is 1. The fourth-order valence-electron chi connectivity index (χ4n) is 4.64. The van der Waals surface area contributed by atoms with Gasteiger partial charge in [0, 0.05) is 37.0 Å². The molecule has 2 aromatic rings. The molecule has 1 aliphatic carbocycles.